The largest absolute Gasteiger partial charge is 1.00 e. The Hall–Kier alpha value is 0.829. The van der Waals surface area contributed by atoms with E-state index in [0.717, 1.165) is 0 Å². The molecule has 0 fully saturated rings. The zero-order chi connectivity index (χ0) is 3.41. The van der Waals surface area contributed by atoms with Gasteiger partial charge in [0.05, 0.1) is 0 Å². The zero-order valence-corrected chi connectivity index (χ0v) is 4.33. The first kappa shape index (κ1) is 9.27. The minimum Gasteiger partial charge on any atom is -0.790 e. The molecular formula is C2H5CuOS. The Morgan fingerprint density at radius 3 is 1.80 bits per heavy atom. The van der Waals surface area contributed by atoms with Crippen LogP contribution in [0.3, 0.4) is 0 Å². The van der Waals surface area contributed by atoms with Crippen molar-refractivity contribution in [2.24, 2.45) is 0 Å². The minimum atomic E-state index is 0. The first-order chi connectivity index (χ1) is 1.91. The molecule has 0 amide bonds. The smallest absolute Gasteiger partial charge is 0.790 e. The number of rotatable bonds is 1. The summed E-state index contributed by atoms with van der Waals surface area (Å²) in [5, 5.41) is 7.77. The fourth-order valence-corrected chi connectivity index (χ4v) is 0. The third-order valence-corrected chi connectivity index (χ3v) is 0.274. The van der Waals surface area contributed by atoms with Gasteiger partial charge in [-0.05, 0) is 0 Å². The van der Waals surface area contributed by atoms with E-state index in [1.54, 1.807) is 0 Å². The minimum absolute atomic E-state index is 0. The summed E-state index contributed by atoms with van der Waals surface area (Å²) in [6.07, 6.45) is 0. The van der Waals surface area contributed by atoms with E-state index >= 15 is 0 Å². The quantitative estimate of drug-likeness (QED) is 0.393. The molecule has 0 atom stereocenters. The van der Waals surface area contributed by atoms with Gasteiger partial charge < -0.3 is 17.7 Å². The molecule has 0 aromatic heterocycles. The van der Waals surface area contributed by atoms with Crippen molar-refractivity contribution in [3.8, 4) is 0 Å². The van der Waals surface area contributed by atoms with Crippen molar-refractivity contribution >= 4 is 12.6 Å². The molecule has 0 bridgehead atoms. The average molecular weight is 141 g/mol. The van der Waals surface area contributed by atoms with Gasteiger partial charge in [-0.1, -0.05) is 0 Å². The summed E-state index contributed by atoms with van der Waals surface area (Å²) >= 11 is 4.30. The van der Waals surface area contributed by atoms with E-state index in [9.17, 15) is 0 Å². The van der Waals surface area contributed by atoms with Gasteiger partial charge in [-0.2, -0.15) is 5.75 Å². The number of aliphatic hydroxyl groups is 1. The molecule has 36 valence electrons. The van der Waals surface area contributed by atoms with E-state index in [2.05, 4.69) is 12.6 Å². The SMILES string of the molecule is OCC[S-].[Cu+]. The maximum Gasteiger partial charge on any atom is 1.00 e. The van der Waals surface area contributed by atoms with Crippen LogP contribution in [0.15, 0.2) is 0 Å². The molecule has 0 aliphatic rings. The van der Waals surface area contributed by atoms with Crippen LogP contribution in [0.5, 0.6) is 0 Å². The molecule has 0 spiro atoms. The fourth-order valence-electron chi connectivity index (χ4n) is 0. The van der Waals surface area contributed by atoms with E-state index in [0.29, 0.717) is 5.75 Å². The van der Waals surface area contributed by atoms with Crippen LogP contribution >= 0.6 is 0 Å². The Balaban J connectivity index is 0. The third-order valence-electron chi connectivity index (χ3n) is 0.0913. The third kappa shape index (κ3) is 11.6. The van der Waals surface area contributed by atoms with Gasteiger partial charge in [0.25, 0.3) is 0 Å². The van der Waals surface area contributed by atoms with Crippen molar-refractivity contribution in [1.29, 1.82) is 0 Å². The zero-order valence-electron chi connectivity index (χ0n) is 2.57. The van der Waals surface area contributed by atoms with Crippen molar-refractivity contribution in [2.45, 2.75) is 0 Å². The fraction of sp³-hybridized carbons (Fsp3) is 1.00. The van der Waals surface area contributed by atoms with Gasteiger partial charge in [-0.25, -0.2) is 0 Å². The van der Waals surface area contributed by atoms with Crippen molar-refractivity contribution < 1.29 is 22.2 Å². The van der Waals surface area contributed by atoms with Crippen molar-refractivity contribution in [2.75, 3.05) is 12.4 Å². The molecule has 0 aliphatic heterocycles. The van der Waals surface area contributed by atoms with Crippen LogP contribution in [0.4, 0.5) is 0 Å². The molecule has 5 heavy (non-hydrogen) atoms. The molecule has 0 radical (unpaired) electrons. The van der Waals surface area contributed by atoms with Crippen LogP contribution in [0.1, 0.15) is 0 Å². The monoisotopic (exact) mass is 140 g/mol. The molecule has 0 aromatic carbocycles. The Morgan fingerprint density at radius 2 is 1.80 bits per heavy atom. The molecule has 3 heteroatoms. The molecule has 0 saturated carbocycles. The molecular weight excluding hydrogens is 136 g/mol. The van der Waals surface area contributed by atoms with Crippen LogP contribution in [0.2, 0.25) is 0 Å². The van der Waals surface area contributed by atoms with Gasteiger partial charge in [0.15, 0.2) is 0 Å². The van der Waals surface area contributed by atoms with Gasteiger partial charge in [-0.3, -0.25) is 0 Å². The van der Waals surface area contributed by atoms with E-state index in [1.165, 1.54) is 0 Å². The van der Waals surface area contributed by atoms with E-state index in [-0.39, 0.29) is 23.7 Å². The van der Waals surface area contributed by atoms with Crippen molar-refractivity contribution in [3.63, 3.8) is 0 Å². The molecule has 0 aromatic rings. The second-order valence-corrected chi connectivity index (χ2v) is 0.836. The number of aliphatic hydroxyl groups excluding tert-OH is 1. The standard InChI is InChI=1S/C2H6OS.Cu/c3-1-2-4;/h3-4H,1-2H2;/q;+1/p-1. The summed E-state index contributed by atoms with van der Waals surface area (Å²) in [5.74, 6) is 0.458. The van der Waals surface area contributed by atoms with Crippen molar-refractivity contribution in [3.05, 3.63) is 0 Å². The molecule has 0 saturated heterocycles. The molecule has 0 rings (SSSR count). The first-order valence-corrected chi connectivity index (χ1v) is 1.68. The van der Waals surface area contributed by atoms with Crippen molar-refractivity contribution in [1.82, 2.24) is 0 Å². The summed E-state index contributed by atoms with van der Waals surface area (Å²) in [5.41, 5.74) is 0. The van der Waals surface area contributed by atoms with E-state index in [4.69, 9.17) is 5.11 Å². The summed E-state index contributed by atoms with van der Waals surface area (Å²) in [7, 11) is 0. The molecule has 0 heterocycles. The Morgan fingerprint density at radius 1 is 1.60 bits per heavy atom. The van der Waals surface area contributed by atoms with Gasteiger partial charge in [0.1, 0.15) is 0 Å². The Bertz CT molecular complexity index is 11.6. The van der Waals surface area contributed by atoms with Gasteiger partial charge in [0.2, 0.25) is 0 Å². The van der Waals surface area contributed by atoms with E-state index in [1.807, 2.05) is 0 Å². The normalized spacial score (nSPS) is 6.00. The van der Waals surface area contributed by atoms with E-state index < -0.39 is 0 Å². The molecule has 1 nitrogen and oxygen atoms in total. The van der Waals surface area contributed by atoms with Gasteiger partial charge in [0, 0.05) is 6.61 Å². The summed E-state index contributed by atoms with van der Waals surface area (Å²) in [4.78, 5) is 0. The number of hydrogen-bond acceptors (Lipinski definition) is 2. The van der Waals surface area contributed by atoms with Gasteiger partial charge in [-0.15, -0.1) is 0 Å². The topological polar surface area (TPSA) is 20.2 Å². The molecule has 1 N–H and O–H groups in total. The summed E-state index contributed by atoms with van der Waals surface area (Å²) in [6.45, 7) is 0.134. The summed E-state index contributed by atoms with van der Waals surface area (Å²) < 4.78 is 0. The average Bonchev–Trinajstić information content (AvgIpc) is 1.37. The number of hydrogen-bond donors (Lipinski definition) is 1. The van der Waals surface area contributed by atoms with Crippen LogP contribution in [-0.2, 0) is 29.7 Å². The second kappa shape index (κ2) is 8.85. The van der Waals surface area contributed by atoms with Gasteiger partial charge >= 0.3 is 17.1 Å². The predicted octanol–water partition coefficient (Wildman–Crippen LogP) is -0.477. The molecule has 0 unspecified atom stereocenters. The Kier molecular flexibility index (Phi) is 16.4. The van der Waals surface area contributed by atoms with Crippen LogP contribution in [0, 0.1) is 0 Å². The second-order valence-electron chi connectivity index (χ2n) is 0.428. The van der Waals surface area contributed by atoms with Crippen LogP contribution in [-0.4, -0.2) is 17.5 Å². The maximum atomic E-state index is 7.77. The van der Waals surface area contributed by atoms with Crippen LogP contribution < -0.4 is 0 Å². The first-order valence-electron chi connectivity index (χ1n) is 1.10. The predicted molar refractivity (Wildman–Crippen MR) is 19.3 cm³/mol. The van der Waals surface area contributed by atoms with Crippen LogP contribution in [0.25, 0.3) is 0 Å². The Labute approximate surface area is 47.6 Å². The molecule has 0 aliphatic carbocycles. The maximum absolute atomic E-state index is 7.77. The summed E-state index contributed by atoms with van der Waals surface area (Å²) in [6, 6.07) is 0.